The molecule has 0 radical (unpaired) electrons. The highest BCUT2D eigenvalue weighted by Crippen LogP contribution is 2.51. The maximum atomic E-state index is 10.8. The van der Waals surface area contributed by atoms with Crippen LogP contribution in [0.3, 0.4) is 0 Å². The van der Waals surface area contributed by atoms with Crippen molar-refractivity contribution in [2.45, 2.75) is 22.5 Å². The van der Waals surface area contributed by atoms with Crippen LogP contribution >= 0.6 is 11.8 Å². The smallest absolute Gasteiger partial charge is 0.270 e. The second-order valence-corrected chi connectivity index (χ2v) is 7.09. The molecule has 0 aromatic heterocycles. The van der Waals surface area contributed by atoms with E-state index in [4.69, 9.17) is 0 Å². The molecule has 3 rings (SSSR count). The third-order valence-electron chi connectivity index (χ3n) is 3.82. The van der Waals surface area contributed by atoms with Crippen LogP contribution in [0.5, 0.6) is 0 Å². The van der Waals surface area contributed by atoms with E-state index in [1.165, 1.54) is 17.0 Å². The molecule has 0 bridgehead atoms. The molecular weight excluding hydrogens is 310 g/mol. The number of nitrogens with zero attached hydrogens (tertiary/aromatic N) is 2. The average Bonchev–Trinajstić information content (AvgIpc) is 3.33. The lowest BCUT2D eigenvalue weighted by molar-refractivity contribution is -0.384. The molecule has 6 heteroatoms. The molecule has 23 heavy (non-hydrogen) atoms. The summed E-state index contributed by atoms with van der Waals surface area (Å²) in [6.07, 6.45) is 2.24. The SMILES string of the molecule is N#Cc1cc([N+](=O)[O-])ccc1NCC1(Sc2ccccc2)CC1. The fraction of sp³-hybridized carbons (Fsp3) is 0.235. The number of thioether (sulfide) groups is 1. The van der Waals surface area contributed by atoms with Crippen molar-refractivity contribution in [1.82, 2.24) is 0 Å². The van der Waals surface area contributed by atoms with Crippen molar-refractivity contribution >= 4 is 23.1 Å². The van der Waals surface area contributed by atoms with E-state index in [1.807, 2.05) is 36.0 Å². The van der Waals surface area contributed by atoms with Crippen LogP contribution in [0.2, 0.25) is 0 Å². The number of hydrogen-bond donors (Lipinski definition) is 1. The molecule has 2 aromatic rings. The van der Waals surface area contributed by atoms with Crippen LogP contribution in [0.25, 0.3) is 0 Å². The maximum absolute atomic E-state index is 10.8. The Morgan fingerprint density at radius 1 is 1.26 bits per heavy atom. The standard InChI is InChI=1S/C17H15N3O2S/c18-11-13-10-14(20(21)22)6-7-16(13)19-12-17(8-9-17)23-15-4-2-1-3-5-15/h1-7,10,19H,8-9,12H2. The molecule has 2 aromatic carbocycles. The molecule has 0 spiro atoms. The Bertz CT molecular complexity index is 767. The first-order valence-electron chi connectivity index (χ1n) is 7.28. The summed E-state index contributed by atoms with van der Waals surface area (Å²) in [6, 6.07) is 16.6. The summed E-state index contributed by atoms with van der Waals surface area (Å²) < 4.78 is 0.149. The van der Waals surface area contributed by atoms with Gasteiger partial charge in [0.1, 0.15) is 6.07 Å². The fourth-order valence-corrected chi connectivity index (χ4v) is 3.59. The molecule has 0 unspecified atom stereocenters. The molecule has 1 fully saturated rings. The Morgan fingerprint density at radius 2 is 2.00 bits per heavy atom. The maximum Gasteiger partial charge on any atom is 0.270 e. The molecule has 0 atom stereocenters. The van der Waals surface area contributed by atoms with Crippen LogP contribution in [-0.4, -0.2) is 16.2 Å². The molecule has 5 nitrogen and oxygen atoms in total. The number of rotatable bonds is 6. The van der Waals surface area contributed by atoms with Gasteiger partial charge in [-0.15, -0.1) is 11.8 Å². The highest BCUT2D eigenvalue weighted by molar-refractivity contribution is 8.01. The van der Waals surface area contributed by atoms with Crippen molar-refractivity contribution in [3.05, 3.63) is 64.2 Å². The van der Waals surface area contributed by atoms with E-state index in [0.717, 1.165) is 19.4 Å². The third kappa shape index (κ3) is 3.63. The summed E-state index contributed by atoms with van der Waals surface area (Å²) >= 11 is 1.84. The molecule has 1 N–H and O–H groups in total. The van der Waals surface area contributed by atoms with Crippen LogP contribution in [0.1, 0.15) is 18.4 Å². The molecule has 0 aliphatic heterocycles. The minimum atomic E-state index is -0.488. The first-order valence-corrected chi connectivity index (χ1v) is 8.10. The lowest BCUT2D eigenvalue weighted by Crippen LogP contribution is -2.18. The number of nitriles is 1. The molecule has 0 saturated heterocycles. The highest BCUT2D eigenvalue weighted by Gasteiger charge is 2.43. The summed E-state index contributed by atoms with van der Waals surface area (Å²) in [5.74, 6) is 0. The first-order chi connectivity index (χ1) is 11.1. The number of hydrogen-bond acceptors (Lipinski definition) is 5. The Hall–Kier alpha value is -2.52. The van der Waals surface area contributed by atoms with E-state index in [-0.39, 0.29) is 10.4 Å². The Morgan fingerprint density at radius 3 is 2.61 bits per heavy atom. The number of benzene rings is 2. The number of nitrogens with one attached hydrogen (secondary N) is 1. The van der Waals surface area contributed by atoms with Gasteiger partial charge in [-0.05, 0) is 31.0 Å². The second kappa shape index (κ2) is 6.31. The zero-order valence-corrected chi connectivity index (χ0v) is 13.2. The molecule has 0 amide bonds. The molecule has 1 aliphatic rings. The minimum absolute atomic E-state index is 0.0631. The minimum Gasteiger partial charge on any atom is -0.383 e. The summed E-state index contributed by atoms with van der Waals surface area (Å²) in [4.78, 5) is 11.5. The number of anilines is 1. The van der Waals surface area contributed by atoms with Gasteiger partial charge in [0.15, 0.2) is 0 Å². The van der Waals surface area contributed by atoms with Crippen LogP contribution < -0.4 is 5.32 Å². The van der Waals surface area contributed by atoms with E-state index in [0.29, 0.717) is 11.3 Å². The predicted octanol–water partition coefficient (Wildman–Crippen LogP) is 4.20. The van der Waals surface area contributed by atoms with Crippen molar-refractivity contribution < 1.29 is 4.92 Å². The van der Waals surface area contributed by atoms with Gasteiger partial charge in [-0.2, -0.15) is 5.26 Å². The fourth-order valence-electron chi connectivity index (χ4n) is 2.34. The molecule has 1 saturated carbocycles. The second-order valence-electron chi connectivity index (χ2n) is 5.55. The van der Waals surface area contributed by atoms with Gasteiger partial charge < -0.3 is 5.32 Å². The largest absolute Gasteiger partial charge is 0.383 e. The Kier molecular flexibility index (Phi) is 4.22. The monoisotopic (exact) mass is 325 g/mol. The molecule has 1 aliphatic carbocycles. The molecule has 116 valence electrons. The average molecular weight is 325 g/mol. The van der Waals surface area contributed by atoms with Gasteiger partial charge in [-0.25, -0.2) is 0 Å². The van der Waals surface area contributed by atoms with Gasteiger partial charge in [-0.3, -0.25) is 10.1 Å². The molecular formula is C17H15N3O2S. The van der Waals surface area contributed by atoms with Crippen LogP contribution in [0, 0.1) is 21.4 Å². The van der Waals surface area contributed by atoms with E-state index in [2.05, 4.69) is 17.4 Å². The summed E-state index contributed by atoms with van der Waals surface area (Å²) in [5.41, 5.74) is 0.893. The van der Waals surface area contributed by atoms with Crippen molar-refractivity contribution in [1.29, 1.82) is 5.26 Å². The summed E-state index contributed by atoms with van der Waals surface area (Å²) in [6.45, 7) is 0.735. The zero-order chi connectivity index (χ0) is 16.3. The number of nitro benzene ring substituents is 1. The topological polar surface area (TPSA) is 79.0 Å². The highest BCUT2D eigenvalue weighted by atomic mass is 32.2. The van der Waals surface area contributed by atoms with Gasteiger partial charge in [0.05, 0.1) is 16.2 Å². The lowest BCUT2D eigenvalue weighted by atomic mass is 10.1. The predicted molar refractivity (Wildman–Crippen MR) is 90.6 cm³/mol. The van der Waals surface area contributed by atoms with Crippen molar-refractivity contribution in [2.24, 2.45) is 0 Å². The normalized spacial score (nSPS) is 14.7. The quantitative estimate of drug-likeness (QED) is 0.636. The van der Waals surface area contributed by atoms with Gasteiger partial charge in [0.25, 0.3) is 5.69 Å². The van der Waals surface area contributed by atoms with Crippen LogP contribution in [-0.2, 0) is 0 Å². The van der Waals surface area contributed by atoms with Crippen LogP contribution in [0.15, 0.2) is 53.4 Å². The van der Waals surface area contributed by atoms with E-state index in [1.54, 1.807) is 6.07 Å². The lowest BCUT2D eigenvalue weighted by Gasteiger charge is -2.17. The van der Waals surface area contributed by atoms with E-state index >= 15 is 0 Å². The number of non-ortho nitro benzene ring substituents is 1. The summed E-state index contributed by atoms with van der Waals surface area (Å²) in [7, 11) is 0. The van der Waals surface area contributed by atoms with Crippen molar-refractivity contribution in [3.63, 3.8) is 0 Å². The van der Waals surface area contributed by atoms with E-state index in [9.17, 15) is 15.4 Å². The van der Waals surface area contributed by atoms with Gasteiger partial charge in [0, 0.05) is 28.3 Å². The van der Waals surface area contributed by atoms with Crippen molar-refractivity contribution in [2.75, 3.05) is 11.9 Å². The van der Waals surface area contributed by atoms with Gasteiger partial charge >= 0.3 is 0 Å². The van der Waals surface area contributed by atoms with Crippen molar-refractivity contribution in [3.8, 4) is 6.07 Å². The van der Waals surface area contributed by atoms with Crippen LogP contribution in [0.4, 0.5) is 11.4 Å². The number of nitro groups is 1. The third-order valence-corrected chi connectivity index (χ3v) is 5.31. The first kappa shape index (κ1) is 15.4. The Balaban J connectivity index is 1.69. The summed E-state index contributed by atoms with van der Waals surface area (Å²) in [5, 5.41) is 23.3. The zero-order valence-electron chi connectivity index (χ0n) is 12.4. The molecule has 0 heterocycles. The van der Waals surface area contributed by atoms with E-state index < -0.39 is 4.92 Å². The Labute approximate surface area is 138 Å². The van der Waals surface area contributed by atoms with Gasteiger partial charge in [-0.1, -0.05) is 18.2 Å². The van der Waals surface area contributed by atoms with Gasteiger partial charge in [0.2, 0.25) is 0 Å².